The van der Waals surface area contributed by atoms with Crippen LogP contribution in [0.3, 0.4) is 0 Å². The van der Waals surface area contributed by atoms with Crippen molar-refractivity contribution in [3.8, 4) is 0 Å². The number of nitrogens with zero attached hydrogens (tertiary/aromatic N) is 2. The maximum Gasteiger partial charge on any atom is 0.258 e. The Morgan fingerprint density at radius 2 is 1.61 bits per heavy atom. The lowest BCUT2D eigenvalue weighted by atomic mass is 10.1. The summed E-state index contributed by atoms with van der Waals surface area (Å²) in [5.41, 5.74) is 1.71. The molecular weight excluding hydrogens is 352 g/mol. The van der Waals surface area contributed by atoms with Crippen molar-refractivity contribution in [2.24, 2.45) is 0 Å². The molecule has 140 valence electrons. The third kappa shape index (κ3) is 3.16. The fourth-order valence-corrected chi connectivity index (χ4v) is 3.59. The largest absolute Gasteiger partial charge is 0.309 e. The van der Waals surface area contributed by atoms with Crippen molar-refractivity contribution < 1.29 is 14.4 Å². The van der Waals surface area contributed by atoms with Gasteiger partial charge in [-0.05, 0) is 48.0 Å². The van der Waals surface area contributed by atoms with Gasteiger partial charge < -0.3 is 4.90 Å². The first kappa shape index (κ1) is 17.9. The van der Waals surface area contributed by atoms with Crippen molar-refractivity contribution in [2.45, 2.75) is 19.8 Å². The van der Waals surface area contributed by atoms with Gasteiger partial charge in [0.1, 0.15) is 0 Å². The molecule has 1 fully saturated rings. The molecule has 5 heteroatoms. The lowest BCUT2D eigenvalue weighted by Crippen LogP contribution is -2.32. The molecule has 3 amide bonds. The maximum absolute atomic E-state index is 13.2. The molecule has 0 unspecified atom stereocenters. The van der Waals surface area contributed by atoms with E-state index in [9.17, 15) is 14.4 Å². The summed E-state index contributed by atoms with van der Waals surface area (Å²) in [6.45, 7) is 2.42. The Labute approximate surface area is 163 Å². The van der Waals surface area contributed by atoms with Crippen molar-refractivity contribution >= 4 is 39.9 Å². The van der Waals surface area contributed by atoms with E-state index in [1.165, 1.54) is 4.90 Å². The molecule has 0 atom stereocenters. The van der Waals surface area contributed by atoms with Gasteiger partial charge in [0.25, 0.3) is 5.91 Å². The lowest BCUT2D eigenvalue weighted by molar-refractivity contribution is -0.121. The summed E-state index contributed by atoms with van der Waals surface area (Å²) in [6.07, 6.45) is 0.435. The average molecular weight is 372 g/mol. The molecular formula is C23H20N2O3. The average Bonchev–Trinajstić information content (AvgIpc) is 3.06. The minimum atomic E-state index is -0.225. The third-order valence-electron chi connectivity index (χ3n) is 5.01. The summed E-state index contributed by atoms with van der Waals surface area (Å²) in [7, 11) is 0. The minimum Gasteiger partial charge on any atom is -0.309 e. The number of amides is 3. The van der Waals surface area contributed by atoms with Crippen LogP contribution in [0.1, 0.15) is 30.1 Å². The molecule has 5 nitrogen and oxygen atoms in total. The lowest BCUT2D eigenvalue weighted by Gasteiger charge is -2.22. The van der Waals surface area contributed by atoms with E-state index in [0.717, 1.165) is 16.5 Å². The van der Waals surface area contributed by atoms with Crippen molar-refractivity contribution in [2.75, 3.05) is 16.3 Å². The van der Waals surface area contributed by atoms with E-state index in [2.05, 4.69) is 0 Å². The van der Waals surface area contributed by atoms with E-state index < -0.39 is 0 Å². The number of hydrogen-bond acceptors (Lipinski definition) is 3. The number of benzene rings is 3. The number of fused-ring (bicyclic) bond motifs is 1. The number of carbonyl (C=O) groups is 3. The first-order valence-electron chi connectivity index (χ1n) is 9.35. The number of hydrogen-bond donors (Lipinski definition) is 0. The highest BCUT2D eigenvalue weighted by atomic mass is 16.2. The number of imide groups is 1. The molecule has 3 aromatic rings. The Morgan fingerprint density at radius 3 is 2.32 bits per heavy atom. The van der Waals surface area contributed by atoms with Crippen LogP contribution in [0.5, 0.6) is 0 Å². The Kier molecular flexibility index (Phi) is 4.65. The molecule has 0 aliphatic carbocycles. The molecule has 1 aliphatic heterocycles. The first-order chi connectivity index (χ1) is 13.6. The van der Waals surface area contributed by atoms with Gasteiger partial charge in [0.15, 0.2) is 0 Å². The second kappa shape index (κ2) is 7.27. The minimum absolute atomic E-state index is 0.168. The summed E-state index contributed by atoms with van der Waals surface area (Å²) in [5.74, 6) is -0.619. The van der Waals surface area contributed by atoms with Crippen molar-refractivity contribution in [1.29, 1.82) is 0 Å². The summed E-state index contributed by atoms with van der Waals surface area (Å²) in [4.78, 5) is 40.1. The van der Waals surface area contributed by atoms with Crippen molar-refractivity contribution in [3.63, 3.8) is 0 Å². The number of carbonyl (C=O) groups excluding carboxylic acids is 3. The summed E-state index contributed by atoms with van der Waals surface area (Å²) in [5, 5.41) is 2.18. The molecule has 1 aliphatic rings. The molecule has 0 N–H and O–H groups in total. The second-order valence-electron chi connectivity index (χ2n) is 6.75. The standard InChI is InChI=1S/C23H20N2O3/c1-2-24(19-11-10-16-6-3-4-7-17(16)14-19)23(28)18-8-5-9-20(15-18)25-21(26)12-13-22(25)27/h3-11,14-15H,2,12-13H2,1H3. The smallest absolute Gasteiger partial charge is 0.258 e. The molecule has 1 saturated heterocycles. The van der Waals surface area contributed by atoms with Crippen LogP contribution in [0.25, 0.3) is 10.8 Å². The zero-order valence-corrected chi connectivity index (χ0v) is 15.6. The highest BCUT2D eigenvalue weighted by Gasteiger charge is 2.30. The third-order valence-corrected chi connectivity index (χ3v) is 5.01. The van der Waals surface area contributed by atoms with E-state index in [1.54, 1.807) is 29.2 Å². The predicted octanol–water partition coefficient (Wildman–Crippen LogP) is 4.16. The van der Waals surface area contributed by atoms with Crippen LogP contribution in [0.2, 0.25) is 0 Å². The van der Waals surface area contributed by atoms with Crippen LogP contribution in [-0.4, -0.2) is 24.3 Å². The van der Waals surface area contributed by atoms with E-state index in [-0.39, 0.29) is 30.6 Å². The van der Waals surface area contributed by atoms with Gasteiger partial charge in [-0.1, -0.05) is 36.4 Å². The molecule has 4 rings (SSSR count). The Morgan fingerprint density at radius 1 is 0.893 bits per heavy atom. The highest BCUT2D eigenvalue weighted by molar-refractivity contribution is 6.20. The van der Waals surface area contributed by atoms with Gasteiger partial charge in [0.2, 0.25) is 11.8 Å². The fraction of sp³-hybridized carbons (Fsp3) is 0.174. The SMILES string of the molecule is CCN(C(=O)c1cccc(N2C(=O)CCC2=O)c1)c1ccc2ccccc2c1. The molecule has 0 bridgehead atoms. The molecule has 3 aromatic carbocycles. The van der Waals surface area contributed by atoms with Crippen LogP contribution < -0.4 is 9.80 Å². The molecule has 0 radical (unpaired) electrons. The predicted molar refractivity (Wildman–Crippen MR) is 109 cm³/mol. The Bertz CT molecular complexity index is 1070. The Hall–Kier alpha value is -3.47. The van der Waals surface area contributed by atoms with Crippen LogP contribution in [0.15, 0.2) is 66.7 Å². The van der Waals surface area contributed by atoms with Crippen molar-refractivity contribution in [1.82, 2.24) is 0 Å². The molecule has 28 heavy (non-hydrogen) atoms. The highest BCUT2D eigenvalue weighted by Crippen LogP contribution is 2.26. The molecule has 1 heterocycles. The fourth-order valence-electron chi connectivity index (χ4n) is 3.59. The van der Waals surface area contributed by atoms with Gasteiger partial charge in [-0.2, -0.15) is 0 Å². The normalized spacial score (nSPS) is 14.0. The first-order valence-corrected chi connectivity index (χ1v) is 9.35. The summed E-state index contributed by atoms with van der Waals surface area (Å²) >= 11 is 0. The van der Waals surface area contributed by atoms with Gasteiger partial charge in [0.05, 0.1) is 5.69 Å². The maximum atomic E-state index is 13.2. The monoisotopic (exact) mass is 372 g/mol. The van der Waals surface area contributed by atoms with Gasteiger partial charge >= 0.3 is 0 Å². The van der Waals surface area contributed by atoms with Crippen molar-refractivity contribution in [3.05, 3.63) is 72.3 Å². The Balaban J connectivity index is 1.67. The van der Waals surface area contributed by atoms with Gasteiger partial charge in [0, 0.05) is 30.6 Å². The van der Waals surface area contributed by atoms with Gasteiger partial charge in [-0.15, -0.1) is 0 Å². The zero-order chi connectivity index (χ0) is 19.7. The second-order valence-corrected chi connectivity index (χ2v) is 6.75. The van der Waals surface area contributed by atoms with E-state index in [4.69, 9.17) is 0 Å². The zero-order valence-electron chi connectivity index (χ0n) is 15.6. The topological polar surface area (TPSA) is 57.7 Å². The van der Waals surface area contributed by atoms with Crippen LogP contribution in [-0.2, 0) is 9.59 Å². The molecule has 0 saturated carbocycles. The van der Waals surface area contributed by atoms with E-state index in [0.29, 0.717) is 17.8 Å². The van der Waals surface area contributed by atoms with E-state index in [1.807, 2.05) is 49.4 Å². The van der Waals surface area contributed by atoms with Crippen LogP contribution >= 0.6 is 0 Å². The summed E-state index contributed by atoms with van der Waals surface area (Å²) < 4.78 is 0. The quantitative estimate of drug-likeness (QED) is 0.646. The van der Waals surface area contributed by atoms with Gasteiger partial charge in [-0.3, -0.25) is 19.3 Å². The number of rotatable bonds is 4. The summed E-state index contributed by atoms with van der Waals surface area (Å²) in [6, 6.07) is 20.6. The van der Waals surface area contributed by atoms with Crippen LogP contribution in [0, 0.1) is 0 Å². The molecule has 0 aromatic heterocycles. The molecule has 0 spiro atoms. The number of anilines is 2. The van der Waals surface area contributed by atoms with Gasteiger partial charge in [-0.25, -0.2) is 0 Å². The van der Waals surface area contributed by atoms with E-state index >= 15 is 0 Å². The van der Waals surface area contributed by atoms with Crippen LogP contribution in [0.4, 0.5) is 11.4 Å².